The van der Waals surface area contributed by atoms with E-state index in [1.165, 1.54) is 27.8 Å². The summed E-state index contributed by atoms with van der Waals surface area (Å²) in [6, 6.07) is -0.775. The highest BCUT2D eigenvalue weighted by molar-refractivity contribution is 8.01. The second-order valence-corrected chi connectivity index (χ2v) is 10.7. The van der Waals surface area contributed by atoms with Crippen LogP contribution in [0.15, 0.2) is 27.6 Å². The first-order valence-corrected chi connectivity index (χ1v) is 13.5. The van der Waals surface area contributed by atoms with Crippen LogP contribution < -0.4 is 11.1 Å². The molecule has 4 rings (SSSR count). The summed E-state index contributed by atoms with van der Waals surface area (Å²) in [5.41, 5.74) is 8.67. The minimum Gasteiger partial charge on any atom is -0.480 e. The number of hydrogen-bond donors (Lipinski definition) is 4. The van der Waals surface area contributed by atoms with Crippen LogP contribution in [0.4, 0.5) is 0 Å². The first-order chi connectivity index (χ1) is 17.3. The van der Waals surface area contributed by atoms with Crippen LogP contribution in [0.2, 0.25) is 0 Å². The number of fused-ring (bicyclic) bond motifs is 1. The Morgan fingerprint density at radius 2 is 1.92 bits per heavy atom. The van der Waals surface area contributed by atoms with Crippen molar-refractivity contribution in [1.29, 1.82) is 0 Å². The number of carbonyl (C=O) groups excluding carboxylic acids is 2. The smallest absolute Gasteiger partial charge is 0.352 e. The lowest BCUT2D eigenvalue weighted by Crippen LogP contribution is -2.70. The predicted molar refractivity (Wildman–Crippen MR) is 130 cm³/mol. The number of hydrogen-bond acceptors (Lipinski definition) is 10. The average molecular weight is 538 g/mol. The first kappa shape index (κ1) is 26.2. The van der Waals surface area contributed by atoms with E-state index >= 15 is 0 Å². The molecular weight excluding hydrogens is 510 g/mol. The number of aliphatic carboxylic acids is 2. The van der Waals surface area contributed by atoms with Crippen LogP contribution in [0, 0.1) is 0 Å². The number of nitrogens with two attached hydrogens (primary N) is 1. The molecule has 1 fully saturated rings. The van der Waals surface area contributed by atoms with E-state index in [9.17, 15) is 24.3 Å². The molecule has 13 nitrogen and oxygen atoms in total. The number of nitrogens with one attached hydrogen (secondary N) is 1. The Bertz CT molecular complexity index is 1130. The van der Waals surface area contributed by atoms with E-state index in [1.54, 1.807) is 0 Å². The van der Waals surface area contributed by atoms with E-state index in [0.717, 1.165) is 42.1 Å². The van der Waals surface area contributed by atoms with Gasteiger partial charge < -0.3 is 21.3 Å². The predicted octanol–water partition coefficient (Wildman–Crippen LogP) is 0.198. The van der Waals surface area contributed by atoms with Gasteiger partial charge in [0.1, 0.15) is 23.7 Å². The molecule has 5 N–H and O–H groups in total. The Morgan fingerprint density at radius 1 is 1.17 bits per heavy atom. The summed E-state index contributed by atoms with van der Waals surface area (Å²) in [7, 11) is 0. The molecule has 1 unspecified atom stereocenters. The number of allylic oxidation sites excluding steroid dienone is 1. The fraction of sp³-hybridized carbons (Fsp3) is 0.571. The second kappa shape index (κ2) is 11.4. The number of thioether (sulfide) groups is 2. The van der Waals surface area contributed by atoms with Crippen LogP contribution in [0.3, 0.4) is 0 Å². The maximum absolute atomic E-state index is 12.9. The molecule has 1 aromatic rings. The van der Waals surface area contributed by atoms with Gasteiger partial charge in [0.2, 0.25) is 11.1 Å². The first-order valence-electron chi connectivity index (χ1n) is 11.5. The lowest BCUT2D eigenvalue weighted by molar-refractivity contribution is -0.150. The fourth-order valence-corrected chi connectivity index (χ4v) is 6.92. The highest BCUT2D eigenvalue weighted by Crippen LogP contribution is 2.41. The summed E-state index contributed by atoms with van der Waals surface area (Å²) < 4.78 is 1.10. The lowest BCUT2D eigenvalue weighted by atomic mass is 9.89. The number of amides is 2. The Morgan fingerprint density at radius 3 is 2.61 bits per heavy atom. The summed E-state index contributed by atoms with van der Waals surface area (Å²) in [6.45, 7) is 0.0823. The third kappa shape index (κ3) is 5.57. The molecule has 36 heavy (non-hydrogen) atoms. The maximum atomic E-state index is 12.9. The third-order valence-corrected chi connectivity index (χ3v) is 8.72. The van der Waals surface area contributed by atoms with Crippen molar-refractivity contribution >= 4 is 47.3 Å². The number of carboxylic acids is 2. The Hall–Kier alpha value is -2.91. The monoisotopic (exact) mass is 537 g/mol. The van der Waals surface area contributed by atoms with Gasteiger partial charge in [-0.05, 0) is 48.1 Å². The van der Waals surface area contributed by atoms with E-state index in [2.05, 4.69) is 20.8 Å². The number of nitrogens with zero attached hydrogens (tertiary/aromatic N) is 5. The molecule has 3 aliphatic rings. The summed E-state index contributed by atoms with van der Waals surface area (Å²) in [5.74, 6) is -2.55. The molecule has 3 heterocycles. The zero-order valence-corrected chi connectivity index (χ0v) is 21.0. The number of carbonyl (C=O) groups is 4. The molecule has 0 bridgehead atoms. The van der Waals surface area contributed by atoms with E-state index in [0.29, 0.717) is 24.3 Å². The molecule has 194 valence electrons. The van der Waals surface area contributed by atoms with Crippen LogP contribution in [0.5, 0.6) is 0 Å². The molecule has 2 aliphatic heterocycles. The van der Waals surface area contributed by atoms with Gasteiger partial charge in [-0.25, -0.2) is 9.48 Å². The molecule has 0 spiro atoms. The van der Waals surface area contributed by atoms with Crippen molar-refractivity contribution < 1.29 is 29.4 Å². The van der Waals surface area contributed by atoms with Gasteiger partial charge in [-0.1, -0.05) is 22.9 Å². The quantitative estimate of drug-likeness (QED) is 0.170. The van der Waals surface area contributed by atoms with Crippen LogP contribution in [-0.2, 0) is 25.7 Å². The minimum atomic E-state index is -1.24. The Labute approximate surface area is 214 Å². The van der Waals surface area contributed by atoms with Crippen molar-refractivity contribution in [3.8, 4) is 0 Å². The zero-order chi connectivity index (χ0) is 25.8. The molecule has 2 atom stereocenters. The highest BCUT2D eigenvalue weighted by atomic mass is 32.2. The molecule has 0 saturated carbocycles. The van der Waals surface area contributed by atoms with E-state index < -0.39 is 35.8 Å². The van der Waals surface area contributed by atoms with Gasteiger partial charge >= 0.3 is 11.9 Å². The van der Waals surface area contributed by atoms with Crippen molar-refractivity contribution in [2.24, 2.45) is 5.73 Å². The summed E-state index contributed by atoms with van der Waals surface area (Å²) in [6.07, 6.45) is 5.01. The maximum Gasteiger partial charge on any atom is 0.352 e. The van der Waals surface area contributed by atoms with E-state index in [1.807, 2.05) is 0 Å². The van der Waals surface area contributed by atoms with Gasteiger partial charge in [-0.3, -0.25) is 19.3 Å². The molecule has 0 radical (unpaired) electrons. The van der Waals surface area contributed by atoms with Crippen molar-refractivity contribution in [1.82, 2.24) is 30.4 Å². The number of aromatic nitrogens is 4. The Kier molecular flexibility index (Phi) is 8.31. The topological polar surface area (TPSA) is 194 Å². The Balaban J connectivity index is 1.38. The third-order valence-electron chi connectivity index (χ3n) is 6.33. The van der Waals surface area contributed by atoms with Crippen LogP contribution in [0.25, 0.3) is 0 Å². The van der Waals surface area contributed by atoms with E-state index in [4.69, 9.17) is 10.8 Å². The molecule has 1 saturated heterocycles. The van der Waals surface area contributed by atoms with Gasteiger partial charge in [0.05, 0.1) is 0 Å². The fourth-order valence-electron chi connectivity index (χ4n) is 4.56. The minimum absolute atomic E-state index is 0.112. The number of β-lactam (4-membered cyclic amide) rings is 1. The van der Waals surface area contributed by atoms with Crippen molar-refractivity contribution in [2.75, 3.05) is 18.1 Å². The summed E-state index contributed by atoms with van der Waals surface area (Å²) >= 11 is 2.47. The van der Waals surface area contributed by atoms with Gasteiger partial charge in [-0.2, -0.15) is 0 Å². The van der Waals surface area contributed by atoms with Crippen LogP contribution >= 0.6 is 23.5 Å². The summed E-state index contributed by atoms with van der Waals surface area (Å²) in [4.78, 5) is 49.7. The van der Waals surface area contributed by atoms with Gasteiger partial charge in [0.25, 0.3) is 5.91 Å². The highest BCUT2D eigenvalue weighted by Gasteiger charge is 2.54. The SMILES string of the molecule is NCC1=C(CCC(=O)NC2C(=O)N3C(C(=O)O)=C(CSc4nnnn4CC(=O)O)CS[C@H]23)CCCC1. The molecule has 0 aromatic carbocycles. The standard InChI is InChI=1S/C21H27N7O6S2/c22-7-12-4-2-1-3-11(12)5-6-14(29)23-16-18(32)28-17(20(33)34)13(9-35-19(16)28)10-36-21-24-25-26-27(21)8-15(30)31/h16,19H,1-10,22H2,(H,23,29)(H,30,31)(H,33,34)/t16?,19-/m1/s1. The molecule has 2 amide bonds. The number of rotatable bonds is 11. The zero-order valence-electron chi connectivity index (χ0n) is 19.4. The van der Waals surface area contributed by atoms with Crippen LogP contribution in [-0.4, -0.2) is 88.5 Å². The lowest BCUT2D eigenvalue weighted by Gasteiger charge is -2.49. The van der Waals surface area contributed by atoms with E-state index in [-0.39, 0.29) is 28.9 Å². The van der Waals surface area contributed by atoms with Crippen molar-refractivity contribution in [2.45, 2.75) is 61.6 Å². The van der Waals surface area contributed by atoms with Crippen molar-refractivity contribution in [3.63, 3.8) is 0 Å². The molecule has 1 aliphatic carbocycles. The second-order valence-electron chi connectivity index (χ2n) is 8.63. The largest absolute Gasteiger partial charge is 0.480 e. The average Bonchev–Trinajstić information content (AvgIpc) is 3.30. The van der Waals surface area contributed by atoms with Crippen molar-refractivity contribution in [3.05, 3.63) is 22.4 Å². The molecule has 1 aromatic heterocycles. The normalized spacial score (nSPS) is 21.8. The molecular formula is C21H27N7O6S2. The summed E-state index contributed by atoms with van der Waals surface area (Å²) in [5, 5.41) is 32.2. The van der Waals surface area contributed by atoms with Gasteiger partial charge in [0, 0.05) is 24.5 Å². The van der Waals surface area contributed by atoms with Gasteiger partial charge in [-0.15, -0.1) is 16.9 Å². The van der Waals surface area contributed by atoms with Gasteiger partial charge in [0.15, 0.2) is 0 Å². The number of carboxylic acid groups (broad SMARTS) is 2. The van der Waals surface area contributed by atoms with Crippen LogP contribution in [0.1, 0.15) is 38.5 Å². The number of tetrazole rings is 1. The molecule has 15 heteroatoms.